The Labute approximate surface area is 149 Å². The largest absolute Gasteiger partial charge is 0.266 e. The zero-order valence-corrected chi connectivity index (χ0v) is 14.7. The molecule has 0 saturated carbocycles. The summed E-state index contributed by atoms with van der Waals surface area (Å²) in [5.41, 5.74) is 1.69. The summed E-state index contributed by atoms with van der Waals surface area (Å²) in [6.07, 6.45) is 1.65. The van der Waals surface area contributed by atoms with E-state index in [9.17, 15) is 17.2 Å². The van der Waals surface area contributed by atoms with E-state index in [-0.39, 0.29) is 12.1 Å². The lowest BCUT2D eigenvalue weighted by atomic mass is 10.2. The molecule has 26 heavy (non-hydrogen) atoms. The van der Waals surface area contributed by atoms with Crippen LogP contribution in [0.3, 0.4) is 0 Å². The Hall–Kier alpha value is -2.65. The Morgan fingerprint density at radius 3 is 2.69 bits per heavy atom. The van der Waals surface area contributed by atoms with Gasteiger partial charge in [0, 0.05) is 18.8 Å². The van der Waals surface area contributed by atoms with Crippen LogP contribution in [0.25, 0.3) is 11.4 Å². The summed E-state index contributed by atoms with van der Waals surface area (Å²) >= 11 is 0. The molecule has 9 heteroatoms. The molecule has 0 atom stereocenters. The van der Waals surface area contributed by atoms with E-state index in [0.29, 0.717) is 11.4 Å². The third-order valence-corrected chi connectivity index (χ3v) is 4.96. The fourth-order valence-electron chi connectivity index (χ4n) is 2.46. The maximum absolute atomic E-state index is 13.6. The van der Waals surface area contributed by atoms with E-state index in [0.717, 1.165) is 23.9 Å². The van der Waals surface area contributed by atoms with Crippen molar-refractivity contribution in [2.75, 3.05) is 0 Å². The predicted molar refractivity (Wildman–Crippen MR) is 92.3 cm³/mol. The van der Waals surface area contributed by atoms with Crippen molar-refractivity contribution in [1.29, 1.82) is 0 Å². The van der Waals surface area contributed by atoms with Crippen molar-refractivity contribution in [3.63, 3.8) is 0 Å². The minimum atomic E-state index is -3.86. The first kappa shape index (κ1) is 18.2. The number of pyridine rings is 1. The average molecular weight is 378 g/mol. The number of nitrogens with one attached hydrogen (secondary N) is 1. The van der Waals surface area contributed by atoms with Crippen LogP contribution in [0.2, 0.25) is 0 Å². The lowest BCUT2D eigenvalue weighted by Gasteiger charge is -2.06. The molecule has 136 valence electrons. The molecule has 0 saturated heterocycles. The molecule has 3 rings (SSSR count). The van der Waals surface area contributed by atoms with Gasteiger partial charge in [0.1, 0.15) is 11.6 Å². The zero-order chi connectivity index (χ0) is 18.7. The van der Waals surface area contributed by atoms with Gasteiger partial charge in [-0.2, -0.15) is 5.10 Å². The summed E-state index contributed by atoms with van der Waals surface area (Å²) < 4.78 is 55.1. The van der Waals surface area contributed by atoms with E-state index in [1.807, 2.05) is 12.1 Å². The van der Waals surface area contributed by atoms with Crippen LogP contribution in [-0.2, 0) is 29.4 Å². The second kappa shape index (κ2) is 7.30. The molecule has 0 aliphatic rings. The summed E-state index contributed by atoms with van der Waals surface area (Å²) in [6, 6.07) is 9.87. The van der Waals surface area contributed by atoms with Gasteiger partial charge in [0.05, 0.1) is 29.4 Å². The van der Waals surface area contributed by atoms with Gasteiger partial charge in [0.15, 0.2) is 0 Å². The average Bonchev–Trinajstić information content (AvgIpc) is 2.98. The number of aromatic nitrogens is 3. The normalized spacial score (nSPS) is 11.7. The van der Waals surface area contributed by atoms with Gasteiger partial charge in [-0.05, 0) is 36.4 Å². The van der Waals surface area contributed by atoms with Gasteiger partial charge in [-0.1, -0.05) is 6.07 Å². The van der Waals surface area contributed by atoms with Crippen LogP contribution in [-0.4, -0.2) is 23.2 Å². The van der Waals surface area contributed by atoms with Gasteiger partial charge in [-0.3, -0.25) is 9.67 Å². The Morgan fingerprint density at radius 2 is 1.96 bits per heavy atom. The quantitative estimate of drug-likeness (QED) is 0.715. The minimum absolute atomic E-state index is 0.0695. The summed E-state index contributed by atoms with van der Waals surface area (Å²) in [5.74, 6) is -2.12. The fourth-order valence-corrected chi connectivity index (χ4v) is 3.56. The Morgan fingerprint density at radius 1 is 1.15 bits per heavy atom. The summed E-state index contributed by atoms with van der Waals surface area (Å²) in [6.45, 7) is -0.0695. The van der Waals surface area contributed by atoms with Gasteiger partial charge < -0.3 is 0 Å². The first-order chi connectivity index (χ1) is 12.3. The molecule has 1 N–H and O–H groups in total. The molecule has 2 aromatic heterocycles. The van der Waals surface area contributed by atoms with E-state index in [4.69, 9.17) is 0 Å². The van der Waals surface area contributed by atoms with Crippen LogP contribution in [0.15, 0.2) is 48.7 Å². The molecule has 0 aliphatic heterocycles. The highest BCUT2D eigenvalue weighted by Crippen LogP contribution is 2.17. The third-order valence-electron chi connectivity index (χ3n) is 3.68. The minimum Gasteiger partial charge on any atom is -0.266 e. The fraction of sp³-hybridized carbons (Fsp3) is 0.176. The number of benzene rings is 1. The highest BCUT2D eigenvalue weighted by molar-refractivity contribution is 7.88. The van der Waals surface area contributed by atoms with E-state index in [2.05, 4.69) is 14.8 Å². The van der Waals surface area contributed by atoms with Crippen LogP contribution in [0, 0.1) is 11.6 Å². The Bertz CT molecular complexity index is 1020. The lowest BCUT2D eigenvalue weighted by Crippen LogP contribution is -2.25. The van der Waals surface area contributed by atoms with E-state index >= 15 is 0 Å². The molecule has 0 unspecified atom stereocenters. The number of nitrogens with zero attached hydrogens (tertiary/aromatic N) is 3. The Balaban J connectivity index is 1.71. The zero-order valence-electron chi connectivity index (χ0n) is 13.9. The first-order valence-electron chi connectivity index (χ1n) is 7.70. The molecule has 0 bridgehead atoms. The van der Waals surface area contributed by atoms with Crippen LogP contribution in [0.5, 0.6) is 0 Å². The van der Waals surface area contributed by atoms with Crippen molar-refractivity contribution in [1.82, 2.24) is 19.5 Å². The van der Waals surface area contributed by atoms with Crippen molar-refractivity contribution >= 4 is 10.0 Å². The maximum Gasteiger partial charge on any atom is 0.216 e. The van der Waals surface area contributed by atoms with Crippen LogP contribution < -0.4 is 4.72 Å². The highest BCUT2D eigenvalue weighted by atomic mass is 32.2. The van der Waals surface area contributed by atoms with Gasteiger partial charge in [-0.25, -0.2) is 21.9 Å². The molecule has 0 radical (unpaired) electrons. The number of hydrogen-bond acceptors (Lipinski definition) is 4. The van der Waals surface area contributed by atoms with Gasteiger partial charge in [0.25, 0.3) is 0 Å². The predicted octanol–water partition coefficient (Wildman–Crippen LogP) is 2.38. The van der Waals surface area contributed by atoms with Crippen molar-refractivity contribution in [2.24, 2.45) is 7.05 Å². The van der Waals surface area contributed by atoms with E-state index < -0.39 is 27.4 Å². The van der Waals surface area contributed by atoms with Gasteiger partial charge in [0.2, 0.25) is 10.0 Å². The van der Waals surface area contributed by atoms with Gasteiger partial charge in [-0.15, -0.1) is 0 Å². The highest BCUT2D eigenvalue weighted by Gasteiger charge is 2.17. The summed E-state index contributed by atoms with van der Waals surface area (Å²) in [7, 11) is -2.14. The number of hydrogen-bond donors (Lipinski definition) is 1. The molecule has 2 heterocycles. The molecular weight excluding hydrogens is 362 g/mol. The molecule has 0 spiro atoms. The smallest absolute Gasteiger partial charge is 0.216 e. The van der Waals surface area contributed by atoms with Crippen LogP contribution >= 0.6 is 0 Å². The van der Waals surface area contributed by atoms with Gasteiger partial charge >= 0.3 is 0 Å². The van der Waals surface area contributed by atoms with E-state index in [1.165, 1.54) is 0 Å². The standard InChI is InChI=1S/C17H16F2N4O2S/c1-23-17(16-4-2-3-7-20-16)9-14(22-23)10-21-26(24,25)11-12-8-13(18)5-6-15(12)19/h2-9,21H,10-11H2,1H3. The van der Waals surface area contributed by atoms with E-state index in [1.54, 1.807) is 30.1 Å². The number of halogens is 2. The van der Waals surface area contributed by atoms with Crippen molar-refractivity contribution in [2.45, 2.75) is 12.3 Å². The monoisotopic (exact) mass is 378 g/mol. The van der Waals surface area contributed by atoms with Crippen LogP contribution in [0.4, 0.5) is 8.78 Å². The second-order valence-corrected chi connectivity index (χ2v) is 7.48. The van der Waals surface area contributed by atoms with Crippen LogP contribution in [0.1, 0.15) is 11.3 Å². The van der Waals surface area contributed by atoms with Crippen molar-refractivity contribution in [3.05, 3.63) is 71.6 Å². The lowest BCUT2D eigenvalue weighted by molar-refractivity contribution is 0.568. The summed E-state index contributed by atoms with van der Waals surface area (Å²) in [5, 5.41) is 4.24. The molecule has 0 aliphatic carbocycles. The molecular formula is C17H16F2N4O2S. The number of sulfonamides is 1. The summed E-state index contributed by atoms with van der Waals surface area (Å²) in [4.78, 5) is 4.23. The molecule has 0 amide bonds. The maximum atomic E-state index is 13.6. The SMILES string of the molecule is Cn1nc(CNS(=O)(=O)Cc2cc(F)ccc2F)cc1-c1ccccn1. The van der Waals surface area contributed by atoms with Crippen molar-refractivity contribution in [3.8, 4) is 11.4 Å². The second-order valence-electron chi connectivity index (χ2n) is 5.68. The van der Waals surface area contributed by atoms with Crippen molar-refractivity contribution < 1.29 is 17.2 Å². The molecule has 6 nitrogen and oxygen atoms in total. The molecule has 1 aromatic carbocycles. The number of rotatable bonds is 6. The topological polar surface area (TPSA) is 76.9 Å². The Kier molecular flexibility index (Phi) is 5.10. The first-order valence-corrected chi connectivity index (χ1v) is 9.35. The molecule has 0 fully saturated rings. The number of aryl methyl sites for hydroxylation is 1. The molecule has 3 aromatic rings. The third kappa shape index (κ3) is 4.30.